The van der Waals surface area contributed by atoms with E-state index in [1.54, 1.807) is 6.92 Å². The van der Waals surface area contributed by atoms with Gasteiger partial charge in [0.05, 0.1) is 6.04 Å². The minimum Gasteiger partial charge on any atom is -0.302 e. The zero-order chi connectivity index (χ0) is 14.1. The first-order valence-corrected chi connectivity index (χ1v) is 6.80. The minimum atomic E-state index is -0.00796. The largest absolute Gasteiger partial charge is 0.302 e. The average molecular weight is 263 g/mol. The van der Waals surface area contributed by atoms with E-state index in [1.807, 2.05) is 48.2 Å². The molecule has 1 aliphatic carbocycles. The van der Waals surface area contributed by atoms with Crippen molar-refractivity contribution in [2.24, 2.45) is 0 Å². The molecular weight excluding hydrogens is 246 g/mol. The summed E-state index contributed by atoms with van der Waals surface area (Å²) in [6.07, 6.45) is 4.18. The van der Waals surface area contributed by atoms with Crippen LogP contribution in [0.2, 0.25) is 0 Å². The van der Waals surface area contributed by atoms with E-state index in [0.717, 1.165) is 5.69 Å². The SMILES string of the molecule is CC(=O)N(c1ccc(C)cc1)C1C=Cc2ccccc21. The Morgan fingerprint density at radius 1 is 1.05 bits per heavy atom. The van der Waals surface area contributed by atoms with E-state index in [0.29, 0.717) is 0 Å². The quantitative estimate of drug-likeness (QED) is 0.798. The molecule has 0 saturated carbocycles. The lowest BCUT2D eigenvalue weighted by molar-refractivity contribution is -0.116. The second-order valence-corrected chi connectivity index (χ2v) is 5.16. The minimum absolute atomic E-state index is 0.00796. The molecule has 100 valence electrons. The van der Waals surface area contributed by atoms with E-state index in [9.17, 15) is 4.79 Å². The van der Waals surface area contributed by atoms with Gasteiger partial charge in [0.1, 0.15) is 0 Å². The van der Waals surface area contributed by atoms with Gasteiger partial charge in [0, 0.05) is 12.6 Å². The number of anilines is 1. The summed E-state index contributed by atoms with van der Waals surface area (Å²) in [4.78, 5) is 14.0. The maximum absolute atomic E-state index is 12.1. The van der Waals surface area contributed by atoms with E-state index in [4.69, 9.17) is 0 Å². The van der Waals surface area contributed by atoms with E-state index in [2.05, 4.69) is 24.3 Å². The van der Waals surface area contributed by atoms with Crippen LogP contribution in [0, 0.1) is 6.92 Å². The number of benzene rings is 2. The lowest BCUT2D eigenvalue weighted by Gasteiger charge is -2.28. The number of rotatable bonds is 2. The van der Waals surface area contributed by atoms with Gasteiger partial charge < -0.3 is 4.90 Å². The van der Waals surface area contributed by atoms with Crippen molar-refractivity contribution < 1.29 is 4.79 Å². The van der Waals surface area contributed by atoms with Gasteiger partial charge in [-0.1, -0.05) is 54.1 Å². The van der Waals surface area contributed by atoms with Gasteiger partial charge >= 0.3 is 0 Å². The highest BCUT2D eigenvalue weighted by Gasteiger charge is 2.26. The maximum Gasteiger partial charge on any atom is 0.224 e. The molecule has 1 atom stereocenters. The van der Waals surface area contributed by atoms with Crippen molar-refractivity contribution in [1.82, 2.24) is 0 Å². The zero-order valence-corrected chi connectivity index (χ0v) is 11.7. The molecule has 2 heteroatoms. The normalized spacial score (nSPS) is 16.0. The van der Waals surface area contributed by atoms with Crippen LogP contribution in [0.1, 0.15) is 29.7 Å². The second kappa shape index (κ2) is 4.97. The molecule has 2 aromatic carbocycles. The molecule has 0 spiro atoms. The van der Waals surface area contributed by atoms with Crippen LogP contribution < -0.4 is 4.90 Å². The molecule has 0 aromatic heterocycles. The topological polar surface area (TPSA) is 20.3 Å². The van der Waals surface area contributed by atoms with Gasteiger partial charge in [0.25, 0.3) is 0 Å². The third-order valence-corrected chi connectivity index (χ3v) is 3.70. The van der Waals surface area contributed by atoms with E-state index in [1.165, 1.54) is 16.7 Å². The molecule has 0 bridgehead atoms. The average Bonchev–Trinajstić information content (AvgIpc) is 2.85. The van der Waals surface area contributed by atoms with Crippen LogP contribution in [0.5, 0.6) is 0 Å². The van der Waals surface area contributed by atoms with Gasteiger partial charge in [-0.3, -0.25) is 4.79 Å². The summed E-state index contributed by atoms with van der Waals surface area (Å²) in [6.45, 7) is 3.67. The summed E-state index contributed by atoms with van der Waals surface area (Å²) in [5, 5.41) is 0. The second-order valence-electron chi connectivity index (χ2n) is 5.16. The lowest BCUT2D eigenvalue weighted by Crippen LogP contribution is -2.31. The maximum atomic E-state index is 12.1. The van der Waals surface area contributed by atoms with Gasteiger partial charge in [0.2, 0.25) is 5.91 Å². The third kappa shape index (κ3) is 2.14. The molecule has 0 aliphatic heterocycles. The van der Waals surface area contributed by atoms with E-state index >= 15 is 0 Å². The fraction of sp³-hybridized carbons (Fsp3) is 0.167. The highest BCUT2D eigenvalue weighted by atomic mass is 16.2. The summed E-state index contributed by atoms with van der Waals surface area (Å²) in [5.41, 5.74) is 4.51. The molecule has 0 saturated heterocycles. The number of hydrogen-bond donors (Lipinski definition) is 0. The molecule has 3 rings (SSSR count). The van der Waals surface area contributed by atoms with Crippen LogP contribution in [0.4, 0.5) is 5.69 Å². The predicted molar refractivity (Wildman–Crippen MR) is 82.6 cm³/mol. The van der Waals surface area contributed by atoms with Crippen molar-refractivity contribution in [3.05, 3.63) is 71.3 Å². The van der Waals surface area contributed by atoms with Crippen LogP contribution in [-0.2, 0) is 4.79 Å². The highest BCUT2D eigenvalue weighted by molar-refractivity contribution is 5.93. The van der Waals surface area contributed by atoms with Crippen LogP contribution in [-0.4, -0.2) is 5.91 Å². The summed E-state index contributed by atoms with van der Waals surface area (Å²) in [5.74, 6) is 0.0557. The van der Waals surface area contributed by atoms with E-state index in [-0.39, 0.29) is 11.9 Å². The molecule has 1 aliphatic rings. The van der Waals surface area contributed by atoms with Crippen molar-refractivity contribution in [3.8, 4) is 0 Å². The Kier molecular flexibility index (Phi) is 3.15. The number of carbonyl (C=O) groups is 1. The fourth-order valence-corrected chi connectivity index (χ4v) is 2.70. The first-order valence-electron chi connectivity index (χ1n) is 6.80. The Morgan fingerprint density at radius 3 is 2.45 bits per heavy atom. The van der Waals surface area contributed by atoms with Crippen LogP contribution in [0.3, 0.4) is 0 Å². The van der Waals surface area contributed by atoms with E-state index < -0.39 is 0 Å². The van der Waals surface area contributed by atoms with Gasteiger partial charge in [-0.2, -0.15) is 0 Å². The Hall–Kier alpha value is -2.35. The number of amides is 1. The van der Waals surface area contributed by atoms with Crippen LogP contribution in [0.25, 0.3) is 6.08 Å². The zero-order valence-electron chi connectivity index (χ0n) is 11.7. The molecule has 0 fully saturated rings. The van der Waals surface area contributed by atoms with Crippen molar-refractivity contribution in [3.63, 3.8) is 0 Å². The monoisotopic (exact) mass is 263 g/mol. The molecule has 2 nitrogen and oxygen atoms in total. The third-order valence-electron chi connectivity index (χ3n) is 3.70. The molecule has 0 radical (unpaired) electrons. The summed E-state index contributed by atoms with van der Waals surface area (Å²) < 4.78 is 0. The number of fused-ring (bicyclic) bond motifs is 1. The van der Waals surface area contributed by atoms with Gasteiger partial charge in [-0.15, -0.1) is 0 Å². The lowest BCUT2D eigenvalue weighted by atomic mass is 10.0. The smallest absolute Gasteiger partial charge is 0.224 e. The number of hydrogen-bond acceptors (Lipinski definition) is 1. The van der Waals surface area contributed by atoms with Gasteiger partial charge in [0.15, 0.2) is 0 Å². The molecule has 0 N–H and O–H groups in total. The molecule has 20 heavy (non-hydrogen) atoms. The Labute approximate surface area is 119 Å². The molecule has 1 unspecified atom stereocenters. The van der Waals surface area contributed by atoms with Crippen molar-refractivity contribution in [2.45, 2.75) is 19.9 Å². The Bertz CT molecular complexity index is 670. The molecule has 1 amide bonds. The van der Waals surface area contributed by atoms with Crippen LogP contribution >= 0.6 is 0 Å². The Balaban J connectivity index is 2.03. The van der Waals surface area contributed by atoms with Crippen molar-refractivity contribution >= 4 is 17.7 Å². The van der Waals surface area contributed by atoms with Crippen molar-refractivity contribution in [2.75, 3.05) is 4.90 Å². The first kappa shape index (κ1) is 12.7. The highest BCUT2D eigenvalue weighted by Crippen LogP contribution is 2.35. The van der Waals surface area contributed by atoms with Crippen molar-refractivity contribution in [1.29, 1.82) is 0 Å². The number of nitrogens with zero attached hydrogens (tertiary/aromatic N) is 1. The summed E-state index contributed by atoms with van der Waals surface area (Å²) in [6, 6.07) is 16.3. The standard InChI is InChI=1S/C18H17NO/c1-13-7-10-16(11-8-13)19(14(2)20)18-12-9-15-5-3-4-6-17(15)18/h3-12,18H,1-2H3. The van der Waals surface area contributed by atoms with Gasteiger partial charge in [-0.25, -0.2) is 0 Å². The predicted octanol–water partition coefficient (Wildman–Crippen LogP) is 4.12. The first-order chi connectivity index (χ1) is 9.66. The molecule has 0 heterocycles. The number of carbonyl (C=O) groups excluding carboxylic acids is 1. The number of aryl methyl sites for hydroxylation is 1. The summed E-state index contributed by atoms with van der Waals surface area (Å²) >= 11 is 0. The molecular formula is C18H17NO. The molecule has 2 aromatic rings. The summed E-state index contributed by atoms with van der Waals surface area (Å²) in [7, 11) is 0. The van der Waals surface area contributed by atoms with Gasteiger partial charge in [-0.05, 0) is 30.2 Å². The fourth-order valence-electron chi connectivity index (χ4n) is 2.70. The van der Waals surface area contributed by atoms with Crippen LogP contribution in [0.15, 0.2) is 54.6 Å². The Morgan fingerprint density at radius 2 is 1.75 bits per heavy atom.